The number of nitrogens with zero attached hydrogens (tertiary/aromatic N) is 2. The molecule has 33 heavy (non-hydrogen) atoms. The number of aryl methyl sites for hydroxylation is 1. The van der Waals surface area contributed by atoms with Gasteiger partial charge in [0, 0.05) is 22.3 Å². The third-order valence-electron chi connectivity index (χ3n) is 7.35. The summed E-state index contributed by atoms with van der Waals surface area (Å²) in [6.45, 7) is 0. The highest BCUT2D eigenvalue weighted by Gasteiger charge is 2.25. The van der Waals surface area contributed by atoms with Gasteiger partial charge in [-0.15, -0.1) is 0 Å². The van der Waals surface area contributed by atoms with E-state index >= 15 is 0 Å². The second-order valence-electron chi connectivity index (χ2n) is 9.10. The minimum Gasteiger partial charge on any atom is -0.292 e. The van der Waals surface area contributed by atoms with Crippen molar-refractivity contribution in [1.82, 2.24) is 9.38 Å². The molecule has 0 saturated heterocycles. The average molecular weight is 425 g/mol. The lowest BCUT2D eigenvalue weighted by Crippen LogP contribution is -2.12. The molecule has 2 aromatic heterocycles. The van der Waals surface area contributed by atoms with Crippen LogP contribution in [0.2, 0.25) is 0 Å². The quantitative estimate of drug-likeness (QED) is 0.259. The van der Waals surface area contributed by atoms with Crippen LogP contribution in [0.15, 0.2) is 103 Å². The van der Waals surface area contributed by atoms with Gasteiger partial charge in [-0.1, -0.05) is 91.0 Å². The molecule has 7 rings (SSSR count). The van der Waals surface area contributed by atoms with Crippen LogP contribution in [0.3, 0.4) is 0 Å². The minimum atomic E-state index is 0.420. The molecule has 0 saturated carbocycles. The number of para-hydroxylation sites is 1. The number of aromatic nitrogens is 2. The molecule has 0 fully saturated rings. The Morgan fingerprint density at radius 1 is 0.667 bits per heavy atom. The van der Waals surface area contributed by atoms with Gasteiger partial charge in [0.2, 0.25) is 0 Å². The first-order valence-corrected chi connectivity index (χ1v) is 11.8. The number of hydrogen-bond acceptors (Lipinski definition) is 1. The lowest BCUT2D eigenvalue weighted by Gasteiger charge is -2.27. The van der Waals surface area contributed by atoms with Crippen LogP contribution in [-0.2, 0) is 6.42 Å². The average Bonchev–Trinajstić information content (AvgIpc) is 3.34. The first-order chi connectivity index (χ1) is 16.4. The van der Waals surface area contributed by atoms with Crippen LogP contribution in [0.5, 0.6) is 0 Å². The lowest BCUT2D eigenvalue weighted by molar-refractivity contribution is 0.616. The van der Waals surface area contributed by atoms with E-state index in [1.165, 1.54) is 68.9 Å². The molecule has 158 valence electrons. The molecule has 4 aromatic carbocycles. The molecule has 1 atom stereocenters. The third kappa shape index (κ3) is 2.77. The molecule has 6 aromatic rings. The highest BCUT2D eigenvalue weighted by molar-refractivity contribution is 6.12. The molecule has 0 spiro atoms. The van der Waals surface area contributed by atoms with Gasteiger partial charge in [0.25, 0.3) is 0 Å². The van der Waals surface area contributed by atoms with Crippen molar-refractivity contribution >= 4 is 27.3 Å². The zero-order valence-electron chi connectivity index (χ0n) is 18.4. The van der Waals surface area contributed by atoms with Crippen molar-refractivity contribution in [3.05, 3.63) is 120 Å². The SMILES string of the molecule is c1ccc2c(c1)CCCC2c1ccccc1-c1cnc2c3ccccc3c3ccccc3n12. The van der Waals surface area contributed by atoms with Crippen molar-refractivity contribution in [2.24, 2.45) is 0 Å². The maximum atomic E-state index is 4.97. The largest absolute Gasteiger partial charge is 0.292 e. The van der Waals surface area contributed by atoms with Crippen molar-refractivity contribution in [3.63, 3.8) is 0 Å². The summed E-state index contributed by atoms with van der Waals surface area (Å²) in [6.07, 6.45) is 5.67. The molecule has 0 N–H and O–H groups in total. The van der Waals surface area contributed by atoms with Crippen LogP contribution in [0.1, 0.15) is 35.4 Å². The first kappa shape index (κ1) is 18.6. The van der Waals surface area contributed by atoms with E-state index in [4.69, 9.17) is 4.98 Å². The van der Waals surface area contributed by atoms with Gasteiger partial charge >= 0.3 is 0 Å². The van der Waals surface area contributed by atoms with Crippen molar-refractivity contribution in [3.8, 4) is 11.3 Å². The Morgan fingerprint density at radius 2 is 1.36 bits per heavy atom. The predicted octanol–water partition coefficient (Wildman–Crippen LogP) is 7.78. The maximum Gasteiger partial charge on any atom is 0.145 e. The smallest absolute Gasteiger partial charge is 0.145 e. The Balaban J connectivity index is 1.54. The third-order valence-corrected chi connectivity index (χ3v) is 7.35. The standard InChI is InChI=1S/C31H24N2/c1-2-12-22-21(10-1)11-9-18-23(22)24-13-3-5-16-27(24)30-20-32-31-28-17-6-4-14-25(28)26-15-7-8-19-29(26)33(30)31/h1-8,10,12-17,19-20,23H,9,11,18H2. The fourth-order valence-corrected chi connectivity index (χ4v) is 5.90. The molecular formula is C31H24N2. The summed E-state index contributed by atoms with van der Waals surface area (Å²) in [6, 6.07) is 35.3. The summed E-state index contributed by atoms with van der Waals surface area (Å²) in [5.41, 5.74) is 9.08. The molecule has 0 bridgehead atoms. The van der Waals surface area contributed by atoms with Gasteiger partial charge in [0.15, 0.2) is 0 Å². The second-order valence-corrected chi connectivity index (χ2v) is 9.10. The van der Waals surface area contributed by atoms with Gasteiger partial charge in [0.1, 0.15) is 5.65 Å². The van der Waals surface area contributed by atoms with E-state index in [0.717, 1.165) is 5.65 Å². The predicted molar refractivity (Wildman–Crippen MR) is 137 cm³/mol. The second kappa shape index (κ2) is 7.31. The van der Waals surface area contributed by atoms with E-state index in [2.05, 4.69) is 108 Å². The fraction of sp³-hybridized carbons (Fsp3) is 0.129. The van der Waals surface area contributed by atoms with Crippen molar-refractivity contribution in [2.75, 3.05) is 0 Å². The Morgan fingerprint density at radius 3 is 2.27 bits per heavy atom. The Kier molecular flexibility index (Phi) is 4.13. The zero-order chi connectivity index (χ0) is 21.8. The molecule has 1 unspecified atom stereocenters. The van der Waals surface area contributed by atoms with E-state index < -0.39 is 0 Å². The first-order valence-electron chi connectivity index (χ1n) is 11.8. The number of fused-ring (bicyclic) bond motifs is 7. The fourth-order valence-electron chi connectivity index (χ4n) is 5.90. The summed E-state index contributed by atoms with van der Waals surface area (Å²) in [5.74, 6) is 0.420. The van der Waals surface area contributed by atoms with Gasteiger partial charge in [0.05, 0.1) is 17.4 Å². The molecule has 0 amide bonds. The van der Waals surface area contributed by atoms with E-state index in [1.807, 2.05) is 0 Å². The van der Waals surface area contributed by atoms with Crippen LogP contribution in [0.25, 0.3) is 38.6 Å². The minimum absolute atomic E-state index is 0.420. The van der Waals surface area contributed by atoms with Crippen LogP contribution >= 0.6 is 0 Å². The summed E-state index contributed by atoms with van der Waals surface area (Å²) in [7, 11) is 0. The van der Waals surface area contributed by atoms with Gasteiger partial charge in [-0.05, 0) is 47.4 Å². The maximum absolute atomic E-state index is 4.97. The van der Waals surface area contributed by atoms with Gasteiger partial charge in [-0.25, -0.2) is 4.98 Å². The van der Waals surface area contributed by atoms with Crippen molar-refractivity contribution < 1.29 is 0 Å². The summed E-state index contributed by atoms with van der Waals surface area (Å²) in [5, 5.41) is 3.72. The number of pyridine rings is 1. The van der Waals surface area contributed by atoms with Crippen LogP contribution in [0.4, 0.5) is 0 Å². The van der Waals surface area contributed by atoms with Crippen molar-refractivity contribution in [1.29, 1.82) is 0 Å². The molecule has 0 aliphatic heterocycles. The molecule has 2 nitrogen and oxygen atoms in total. The van der Waals surface area contributed by atoms with Gasteiger partial charge in [-0.3, -0.25) is 4.40 Å². The van der Waals surface area contributed by atoms with Crippen molar-refractivity contribution in [2.45, 2.75) is 25.2 Å². The lowest BCUT2D eigenvalue weighted by atomic mass is 9.77. The number of imidazole rings is 1. The monoisotopic (exact) mass is 424 g/mol. The summed E-state index contributed by atoms with van der Waals surface area (Å²) in [4.78, 5) is 4.97. The molecule has 2 heterocycles. The van der Waals surface area contributed by atoms with E-state index in [0.29, 0.717) is 5.92 Å². The number of hydrogen-bond donors (Lipinski definition) is 0. The Bertz CT molecular complexity index is 1660. The molecule has 0 radical (unpaired) electrons. The summed E-state index contributed by atoms with van der Waals surface area (Å²) < 4.78 is 2.37. The topological polar surface area (TPSA) is 17.3 Å². The van der Waals surface area contributed by atoms with Crippen LogP contribution < -0.4 is 0 Å². The molecule has 1 aliphatic rings. The van der Waals surface area contributed by atoms with E-state index in [-0.39, 0.29) is 0 Å². The summed E-state index contributed by atoms with van der Waals surface area (Å²) >= 11 is 0. The molecule has 2 heteroatoms. The molecular weight excluding hydrogens is 400 g/mol. The van der Waals surface area contributed by atoms with E-state index in [1.54, 1.807) is 0 Å². The molecule has 1 aliphatic carbocycles. The highest BCUT2D eigenvalue weighted by Crippen LogP contribution is 2.42. The van der Waals surface area contributed by atoms with Crippen LogP contribution in [0, 0.1) is 0 Å². The van der Waals surface area contributed by atoms with Gasteiger partial charge < -0.3 is 0 Å². The highest BCUT2D eigenvalue weighted by atomic mass is 15.0. The number of rotatable bonds is 2. The zero-order valence-corrected chi connectivity index (χ0v) is 18.4. The van der Waals surface area contributed by atoms with E-state index in [9.17, 15) is 0 Å². The van der Waals surface area contributed by atoms with Gasteiger partial charge in [-0.2, -0.15) is 0 Å². The Labute approximate surface area is 193 Å². The number of benzene rings is 4. The normalized spacial score (nSPS) is 15.8. The van der Waals surface area contributed by atoms with Crippen LogP contribution in [-0.4, -0.2) is 9.38 Å². The Hall–Kier alpha value is -3.91.